The van der Waals surface area contributed by atoms with Crippen LogP contribution in [0, 0.1) is 0 Å². The van der Waals surface area contributed by atoms with Crippen molar-refractivity contribution < 1.29 is 9.90 Å². The molecule has 0 aromatic carbocycles. The summed E-state index contributed by atoms with van der Waals surface area (Å²) in [5.41, 5.74) is 0.573. The van der Waals surface area contributed by atoms with Gasteiger partial charge in [0.05, 0.1) is 0 Å². The molecule has 0 saturated carbocycles. The zero-order valence-corrected chi connectivity index (χ0v) is 7.42. The molecule has 0 saturated heterocycles. The van der Waals surface area contributed by atoms with E-state index in [1.54, 1.807) is 18.3 Å². The number of H-pyrrole nitrogens is 1. The molecule has 1 aromatic rings. The van der Waals surface area contributed by atoms with Gasteiger partial charge in [-0.05, 0) is 25.0 Å². The molecule has 0 spiro atoms. The summed E-state index contributed by atoms with van der Waals surface area (Å²) in [5.74, 6) is -0.0945. The molecule has 1 amide bonds. The van der Waals surface area contributed by atoms with Crippen LogP contribution >= 0.6 is 0 Å². The smallest absolute Gasteiger partial charge is 0.267 e. The van der Waals surface area contributed by atoms with Gasteiger partial charge in [0.15, 0.2) is 0 Å². The highest BCUT2D eigenvalue weighted by atomic mass is 16.2. The lowest BCUT2D eigenvalue weighted by Gasteiger charge is -2.01. The van der Waals surface area contributed by atoms with Crippen LogP contribution in [0.2, 0.25) is 0 Å². The lowest BCUT2D eigenvalue weighted by molar-refractivity contribution is 0.0947. The van der Waals surface area contributed by atoms with E-state index in [2.05, 4.69) is 10.3 Å². The molecule has 0 unspecified atom stereocenters. The molecule has 0 fully saturated rings. The number of amides is 1. The number of rotatable bonds is 5. The number of unbranched alkanes of at least 4 members (excludes halogenated alkanes) is 1. The molecule has 1 rings (SSSR count). The molecule has 4 heteroatoms. The van der Waals surface area contributed by atoms with Crippen LogP contribution < -0.4 is 5.32 Å². The van der Waals surface area contributed by atoms with Crippen LogP contribution in [0.3, 0.4) is 0 Å². The first-order valence-corrected chi connectivity index (χ1v) is 4.37. The Morgan fingerprint density at radius 1 is 1.54 bits per heavy atom. The van der Waals surface area contributed by atoms with Crippen LogP contribution in [0.25, 0.3) is 0 Å². The second kappa shape index (κ2) is 5.37. The average molecular weight is 182 g/mol. The van der Waals surface area contributed by atoms with Gasteiger partial charge in [0, 0.05) is 19.3 Å². The van der Waals surface area contributed by atoms with E-state index in [-0.39, 0.29) is 12.5 Å². The summed E-state index contributed by atoms with van der Waals surface area (Å²) >= 11 is 0. The Balaban J connectivity index is 2.19. The van der Waals surface area contributed by atoms with Crippen molar-refractivity contribution in [1.29, 1.82) is 0 Å². The number of aliphatic hydroxyl groups is 1. The van der Waals surface area contributed by atoms with Gasteiger partial charge in [-0.3, -0.25) is 4.79 Å². The summed E-state index contributed by atoms with van der Waals surface area (Å²) < 4.78 is 0. The fourth-order valence-corrected chi connectivity index (χ4v) is 1.01. The molecule has 0 atom stereocenters. The molecule has 13 heavy (non-hydrogen) atoms. The van der Waals surface area contributed by atoms with Gasteiger partial charge in [-0.15, -0.1) is 0 Å². The molecule has 0 aliphatic rings. The maximum absolute atomic E-state index is 11.3. The van der Waals surface area contributed by atoms with Crippen LogP contribution in [0.1, 0.15) is 23.3 Å². The van der Waals surface area contributed by atoms with Crippen molar-refractivity contribution in [3.05, 3.63) is 24.0 Å². The fourth-order valence-electron chi connectivity index (χ4n) is 1.01. The molecular formula is C9H14N2O2. The lowest BCUT2D eigenvalue weighted by atomic mass is 10.3. The van der Waals surface area contributed by atoms with Crippen LogP contribution in [0.15, 0.2) is 18.3 Å². The normalized spacial score (nSPS) is 9.92. The van der Waals surface area contributed by atoms with Gasteiger partial charge in [-0.1, -0.05) is 0 Å². The third-order valence-corrected chi connectivity index (χ3v) is 1.71. The van der Waals surface area contributed by atoms with Gasteiger partial charge in [-0.25, -0.2) is 0 Å². The van der Waals surface area contributed by atoms with Crippen molar-refractivity contribution in [2.75, 3.05) is 13.2 Å². The van der Waals surface area contributed by atoms with Gasteiger partial charge in [-0.2, -0.15) is 0 Å². The van der Waals surface area contributed by atoms with E-state index in [4.69, 9.17) is 5.11 Å². The highest BCUT2D eigenvalue weighted by Gasteiger charge is 2.03. The second-order valence-electron chi connectivity index (χ2n) is 2.77. The fraction of sp³-hybridized carbons (Fsp3) is 0.444. The second-order valence-corrected chi connectivity index (χ2v) is 2.77. The van der Waals surface area contributed by atoms with Crippen LogP contribution in [-0.2, 0) is 0 Å². The highest BCUT2D eigenvalue weighted by molar-refractivity contribution is 5.92. The van der Waals surface area contributed by atoms with Crippen molar-refractivity contribution >= 4 is 5.91 Å². The van der Waals surface area contributed by atoms with E-state index in [0.29, 0.717) is 12.2 Å². The summed E-state index contributed by atoms with van der Waals surface area (Å²) in [6.07, 6.45) is 3.25. The molecular weight excluding hydrogens is 168 g/mol. The van der Waals surface area contributed by atoms with Gasteiger partial charge < -0.3 is 15.4 Å². The van der Waals surface area contributed by atoms with Gasteiger partial charge in [0.2, 0.25) is 0 Å². The molecule has 0 bridgehead atoms. The minimum Gasteiger partial charge on any atom is -0.396 e. The number of aliphatic hydroxyl groups excluding tert-OH is 1. The summed E-state index contributed by atoms with van der Waals surface area (Å²) in [5, 5.41) is 11.2. The summed E-state index contributed by atoms with van der Waals surface area (Å²) in [4.78, 5) is 14.1. The van der Waals surface area contributed by atoms with E-state index in [0.717, 1.165) is 12.8 Å². The quantitative estimate of drug-likeness (QED) is 0.581. The van der Waals surface area contributed by atoms with E-state index in [1.165, 1.54) is 0 Å². The van der Waals surface area contributed by atoms with Gasteiger partial charge in [0.1, 0.15) is 5.69 Å². The van der Waals surface area contributed by atoms with Crippen molar-refractivity contribution in [1.82, 2.24) is 10.3 Å². The van der Waals surface area contributed by atoms with E-state index < -0.39 is 0 Å². The van der Waals surface area contributed by atoms with Gasteiger partial charge >= 0.3 is 0 Å². The third-order valence-electron chi connectivity index (χ3n) is 1.71. The van der Waals surface area contributed by atoms with Crippen LogP contribution in [-0.4, -0.2) is 29.1 Å². The Hall–Kier alpha value is -1.29. The monoisotopic (exact) mass is 182 g/mol. The first-order valence-electron chi connectivity index (χ1n) is 4.37. The SMILES string of the molecule is O=C(NCCCCO)c1ccc[nH]1. The number of nitrogens with one attached hydrogen (secondary N) is 2. The van der Waals surface area contributed by atoms with Crippen molar-refractivity contribution in [3.8, 4) is 0 Å². The first kappa shape index (κ1) is 9.80. The molecule has 1 aromatic heterocycles. The van der Waals surface area contributed by atoms with Crippen LogP contribution in [0.4, 0.5) is 0 Å². The minimum atomic E-state index is -0.0945. The van der Waals surface area contributed by atoms with Crippen molar-refractivity contribution in [2.24, 2.45) is 0 Å². The van der Waals surface area contributed by atoms with E-state index in [9.17, 15) is 4.79 Å². The Labute approximate surface area is 77.0 Å². The Kier molecular flexibility index (Phi) is 4.05. The number of aromatic nitrogens is 1. The number of carbonyl (C=O) groups is 1. The van der Waals surface area contributed by atoms with Crippen LogP contribution in [0.5, 0.6) is 0 Å². The summed E-state index contributed by atoms with van der Waals surface area (Å²) in [6, 6.07) is 3.50. The molecule has 72 valence electrons. The maximum Gasteiger partial charge on any atom is 0.267 e. The highest BCUT2D eigenvalue weighted by Crippen LogP contribution is 1.93. The number of carbonyl (C=O) groups excluding carboxylic acids is 1. The zero-order chi connectivity index (χ0) is 9.52. The standard InChI is InChI=1S/C9H14N2O2/c12-7-2-1-5-11-9(13)8-4-3-6-10-8/h3-4,6,10,12H,1-2,5,7H2,(H,11,13). The Morgan fingerprint density at radius 3 is 3.00 bits per heavy atom. The van der Waals surface area contributed by atoms with Crippen molar-refractivity contribution in [2.45, 2.75) is 12.8 Å². The first-order chi connectivity index (χ1) is 6.34. The molecule has 1 heterocycles. The Morgan fingerprint density at radius 2 is 2.38 bits per heavy atom. The Bertz CT molecular complexity index is 244. The summed E-state index contributed by atoms with van der Waals surface area (Å²) in [7, 11) is 0. The molecule has 0 aliphatic carbocycles. The molecule has 0 aliphatic heterocycles. The number of aromatic amines is 1. The third kappa shape index (κ3) is 3.29. The predicted octanol–water partition coefficient (Wildman–Crippen LogP) is 0.517. The minimum absolute atomic E-state index is 0.0945. The lowest BCUT2D eigenvalue weighted by Crippen LogP contribution is -2.24. The number of hydrogen-bond acceptors (Lipinski definition) is 2. The van der Waals surface area contributed by atoms with Gasteiger partial charge in [0.25, 0.3) is 5.91 Å². The zero-order valence-electron chi connectivity index (χ0n) is 7.42. The van der Waals surface area contributed by atoms with E-state index >= 15 is 0 Å². The molecule has 0 radical (unpaired) electrons. The topological polar surface area (TPSA) is 65.1 Å². The largest absolute Gasteiger partial charge is 0.396 e. The van der Waals surface area contributed by atoms with E-state index in [1.807, 2.05) is 0 Å². The predicted molar refractivity (Wildman–Crippen MR) is 49.4 cm³/mol. The number of hydrogen-bond donors (Lipinski definition) is 3. The maximum atomic E-state index is 11.3. The molecule has 3 N–H and O–H groups in total. The van der Waals surface area contributed by atoms with Crippen molar-refractivity contribution in [3.63, 3.8) is 0 Å². The average Bonchev–Trinajstić information content (AvgIpc) is 2.65. The summed E-state index contributed by atoms with van der Waals surface area (Å²) in [6.45, 7) is 0.788. The molecule has 4 nitrogen and oxygen atoms in total.